The third-order valence-corrected chi connectivity index (χ3v) is 3.12. The maximum absolute atomic E-state index is 13.6. The largest absolute Gasteiger partial charge is 0.379 e. The molecule has 0 unspecified atom stereocenters. The standard InChI is InChI=1S/C14H11ClF2N2O/c15-10-4-2-1-3-8(10)7-19-13-5-9(14(18)20)11(16)6-12(13)17/h1-6,19H,7H2,(H2,18,20). The topological polar surface area (TPSA) is 55.1 Å². The molecule has 20 heavy (non-hydrogen) atoms. The van der Waals surface area contributed by atoms with Crippen LogP contribution in [0.5, 0.6) is 0 Å². The summed E-state index contributed by atoms with van der Waals surface area (Å²) in [6.07, 6.45) is 0. The van der Waals surface area contributed by atoms with E-state index >= 15 is 0 Å². The summed E-state index contributed by atoms with van der Waals surface area (Å²) in [4.78, 5) is 11.0. The number of halogens is 3. The number of anilines is 1. The summed E-state index contributed by atoms with van der Waals surface area (Å²) in [5, 5.41) is 3.28. The molecule has 1 amide bonds. The zero-order chi connectivity index (χ0) is 14.7. The fraction of sp³-hybridized carbons (Fsp3) is 0.0714. The van der Waals surface area contributed by atoms with Gasteiger partial charge in [-0.25, -0.2) is 8.78 Å². The van der Waals surface area contributed by atoms with Crippen LogP contribution in [0.2, 0.25) is 5.02 Å². The zero-order valence-electron chi connectivity index (χ0n) is 10.3. The second-order valence-corrected chi connectivity index (χ2v) is 4.53. The molecular weight excluding hydrogens is 286 g/mol. The minimum Gasteiger partial charge on any atom is -0.379 e. The van der Waals surface area contributed by atoms with Crippen LogP contribution in [0, 0.1) is 11.6 Å². The smallest absolute Gasteiger partial charge is 0.251 e. The summed E-state index contributed by atoms with van der Waals surface area (Å²) in [6, 6.07) is 8.70. The lowest BCUT2D eigenvalue weighted by atomic mass is 10.1. The third kappa shape index (κ3) is 3.05. The van der Waals surface area contributed by atoms with Gasteiger partial charge in [0.2, 0.25) is 0 Å². The van der Waals surface area contributed by atoms with E-state index in [4.69, 9.17) is 17.3 Å². The average molecular weight is 297 g/mol. The number of carbonyl (C=O) groups excluding carboxylic acids is 1. The lowest BCUT2D eigenvalue weighted by Gasteiger charge is -2.10. The fourth-order valence-electron chi connectivity index (χ4n) is 1.71. The number of nitrogens with two attached hydrogens (primary N) is 1. The molecule has 2 rings (SSSR count). The summed E-state index contributed by atoms with van der Waals surface area (Å²) in [5.41, 5.74) is 5.38. The first kappa shape index (κ1) is 14.3. The highest BCUT2D eigenvalue weighted by Gasteiger charge is 2.13. The molecule has 0 fully saturated rings. The van der Waals surface area contributed by atoms with Crippen LogP contribution in [0.4, 0.5) is 14.5 Å². The minimum atomic E-state index is -0.988. The van der Waals surface area contributed by atoms with Gasteiger partial charge in [0.05, 0.1) is 11.3 Å². The third-order valence-electron chi connectivity index (χ3n) is 2.75. The lowest BCUT2D eigenvalue weighted by molar-refractivity contribution is 0.0996. The highest BCUT2D eigenvalue weighted by molar-refractivity contribution is 6.31. The number of carbonyl (C=O) groups is 1. The summed E-state index contributed by atoms with van der Waals surface area (Å²) in [7, 11) is 0. The van der Waals surface area contributed by atoms with Crippen molar-refractivity contribution in [3.05, 3.63) is 64.2 Å². The van der Waals surface area contributed by atoms with Gasteiger partial charge in [0, 0.05) is 17.6 Å². The van der Waals surface area contributed by atoms with Gasteiger partial charge in [0.1, 0.15) is 11.6 Å². The molecule has 104 valence electrons. The number of nitrogens with one attached hydrogen (secondary N) is 1. The minimum absolute atomic E-state index is 0.0138. The molecule has 0 bridgehead atoms. The first-order valence-electron chi connectivity index (χ1n) is 5.75. The molecule has 6 heteroatoms. The van der Waals surface area contributed by atoms with Crippen molar-refractivity contribution >= 4 is 23.2 Å². The highest BCUT2D eigenvalue weighted by atomic mass is 35.5. The molecular formula is C14H11ClF2N2O. The number of rotatable bonds is 4. The second-order valence-electron chi connectivity index (χ2n) is 4.12. The molecule has 0 aromatic heterocycles. The van der Waals surface area contributed by atoms with Gasteiger partial charge < -0.3 is 11.1 Å². The Morgan fingerprint density at radius 1 is 1.20 bits per heavy atom. The van der Waals surface area contributed by atoms with E-state index in [1.54, 1.807) is 24.3 Å². The van der Waals surface area contributed by atoms with Crippen LogP contribution in [-0.2, 0) is 6.54 Å². The lowest BCUT2D eigenvalue weighted by Crippen LogP contribution is -2.14. The van der Waals surface area contributed by atoms with Crippen molar-refractivity contribution in [2.24, 2.45) is 5.73 Å². The van der Waals surface area contributed by atoms with Crippen LogP contribution >= 0.6 is 11.6 Å². The van der Waals surface area contributed by atoms with Crippen molar-refractivity contribution in [1.29, 1.82) is 0 Å². The number of benzene rings is 2. The van der Waals surface area contributed by atoms with Crippen molar-refractivity contribution < 1.29 is 13.6 Å². The molecule has 0 radical (unpaired) electrons. The average Bonchev–Trinajstić information content (AvgIpc) is 2.39. The van der Waals surface area contributed by atoms with Gasteiger partial charge in [0.25, 0.3) is 5.91 Å². The molecule has 0 aliphatic carbocycles. The van der Waals surface area contributed by atoms with Crippen LogP contribution in [0.15, 0.2) is 36.4 Å². The van der Waals surface area contributed by atoms with Crippen molar-refractivity contribution in [1.82, 2.24) is 0 Å². The molecule has 2 aromatic rings. The van der Waals surface area contributed by atoms with E-state index < -0.39 is 17.5 Å². The number of hydrogen-bond donors (Lipinski definition) is 2. The summed E-state index contributed by atoms with van der Waals surface area (Å²) < 4.78 is 26.9. The Morgan fingerprint density at radius 3 is 2.55 bits per heavy atom. The van der Waals surface area contributed by atoms with Crippen LogP contribution in [0.25, 0.3) is 0 Å². The molecule has 0 saturated heterocycles. The Balaban J connectivity index is 2.24. The maximum atomic E-state index is 13.6. The Labute approximate surface area is 119 Å². The SMILES string of the molecule is NC(=O)c1cc(NCc2ccccc2Cl)c(F)cc1F. The molecule has 0 saturated carbocycles. The number of primary amides is 1. The molecule has 0 atom stereocenters. The predicted octanol–water partition coefficient (Wildman–Crippen LogP) is 3.33. The van der Waals surface area contributed by atoms with E-state index in [1.807, 2.05) is 0 Å². The number of amides is 1. The van der Waals surface area contributed by atoms with E-state index in [9.17, 15) is 13.6 Å². The van der Waals surface area contributed by atoms with Gasteiger partial charge >= 0.3 is 0 Å². The number of hydrogen-bond acceptors (Lipinski definition) is 2. The maximum Gasteiger partial charge on any atom is 0.251 e. The molecule has 0 heterocycles. The fourth-order valence-corrected chi connectivity index (χ4v) is 1.91. The molecule has 0 aliphatic heterocycles. The Bertz CT molecular complexity index is 662. The van der Waals surface area contributed by atoms with Crippen molar-refractivity contribution in [2.75, 3.05) is 5.32 Å². The van der Waals surface area contributed by atoms with E-state index in [0.29, 0.717) is 11.1 Å². The van der Waals surface area contributed by atoms with Crippen LogP contribution < -0.4 is 11.1 Å². The highest BCUT2D eigenvalue weighted by Crippen LogP contribution is 2.22. The molecule has 0 aliphatic rings. The first-order valence-corrected chi connectivity index (χ1v) is 6.13. The van der Waals surface area contributed by atoms with E-state index in [-0.39, 0.29) is 17.8 Å². The van der Waals surface area contributed by atoms with E-state index in [1.165, 1.54) is 0 Å². The van der Waals surface area contributed by atoms with Crippen molar-refractivity contribution in [2.45, 2.75) is 6.54 Å². The Kier molecular flexibility index (Phi) is 4.20. The Morgan fingerprint density at radius 2 is 1.90 bits per heavy atom. The quantitative estimate of drug-likeness (QED) is 0.909. The normalized spacial score (nSPS) is 10.3. The molecule has 3 nitrogen and oxygen atoms in total. The summed E-state index contributed by atoms with van der Waals surface area (Å²) in [6.45, 7) is 0.237. The second kappa shape index (κ2) is 5.88. The van der Waals surface area contributed by atoms with Gasteiger partial charge in [0.15, 0.2) is 0 Å². The predicted molar refractivity (Wildman–Crippen MR) is 73.7 cm³/mol. The monoisotopic (exact) mass is 296 g/mol. The first-order chi connectivity index (χ1) is 9.49. The summed E-state index contributed by atoms with van der Waals surface area (Å²) >= 11 is 5.97. The van der Waals surface area contributed by atoms with Gasteiger partial charge in [-0.15, -0.1) is 0 Å². The van der Waals surface area contributed by atoms with Crippen LogP contribution in [0.3, 0.4) is 0 Å². The molecule has 2 aromatic carbocycles. The van der Waals surface area contributed by atoms with Gasteiger partial charge in [-0.3, -0.25) is 4.79 Å². The van der Waals surface area contributed by atoms with Gasteiger partial charge in [-0.2, -0.15) is 0 Å². The van der Waals surface area contributed by atoms with E-state index in [0.717, 1.165) is 11.6 Å². The zero-order valence-corrected chi connectivity index (χ0v) is 11.0. The van der Waals surface area contributed by atoms with Gasteiger partial charge in [-0.1, -0.05) is 29.8 Å². The van der Waals surface area contributed by atoms with Crippen LogP contribution in [-0.4, -0.2) is 5.91 Å². The van der Waals surface area contributed by atoms with Crippen LogP contribution in [0.1, 0.15) is 15.9 Å². The van der Waals surface area contributed by atoms with Crippen molar-refractivity contribution in [3.8, 4) is 0 Å². The Hall–Kier alpha value is -2.14. The molecule has 0 spiro atoms. The van der Waals surface area contributed by atoms with E-state index in [2.05, 4.69) is 5.32 Å². The molecule has 3 N–H and O–H groups in total. The summed E-state index contributed by atoms with van der Waals surface area (Å²) in [5.74, 6) is -2.75. The van der Waals surface area contributed by atoms with Crippen molar-refractivity contribution in [3.63, 3.8) is 0 Å². The van der Waals surface area contributed by atoms with Gasteiger partial charge in [-0.05, 0) is 17.7 Å².